The first kappa shape index (κ1) is 21.7. The van der Waals surface area contributed by atoms with Gasteiger partial charge in [-0.2, -0.15) is 4.58 Å². The number of unbranched alkanes of at least 4 members (excludes halogenated alkanes) is 7. The molecule has 1 aliphatic heterocycles. The molecule has 0 spiro atoms. The van der Waals surface area contributed by atoms with Crippen LogP contribution in [0, 0.1) is 5.92 Å². The molecule has 0 aliphatic carbocycles. The number of benzene rings is 1. The van der Waals surface area contributed by atoms with Crippen LogP contribution in [0.5, 0.6) is 0 Å². The lowest BCUT2D eigenvalue weighted by molar-refractivity contribution is -0.530. The molecule has 0 saturated heterocycles. The summed E-state index contributed by atoms with van der Waals surface area (Å²) in [5.41, 5.74) is 1.27. The molecule has 0 fully saturated rings. The predicted molar refractivity (Wildman–Crippen MR) is 116 cm³/mol. The Bertz CT molecular complexity index is 577. The van der Waals surface area contributed by atoms with Gasteiger partial charge in [0.15, 0.2) is 12.1 Å². The van der Waals surface area contributed by atoms with Crippen molar-refractivity contribution in [3.05, 3.63) is 48.6 Å². The zero-order valence-corrected chi connectivity index (χ0v) is 17.8. The molecule has 2 heteroatoms. The standard InChI is InChI=1S/C25H40NO/c1-5-7-8-9-10-11-12-14-20-23(17-6-2)25-26(4)21(3)24(27-25)22-18-15-13-16-19-22/h6,13,15-16,18-19,21,23-24H,2,5,7-12,14,17,20H2,1,3-4H3/q+1/t21-,23+,24+/m0/s1. The van der Waals surface area contributed by atoms with Gasteiger partial charge in [0.2, 0.25) is 0 Å². The Labute approximate surface area is 167 Å². The molecule has 0 bridgehead atoms. The summed E-state index contributed by atoms with van der Waals surface area (Å²) < 4.78 is 8.86. The van der Waals surface area contributed by atoms with Crippen molar-refractivity contribution >= 4 is 5.90 Å². The maximum Gasteiger partial charge on any atom is 0.340 e. The number of hydrogen-bond donors (Lipinski definition) is 0. The second-order valence-corrected chi connectivity index (χ2v) is 8.12. The van der Waals surface area contributed by atoms with Gasteiger partial charge >= 0.3 is 5.90 Å². The van der Waals surface area contributed by atoms with E-state index in [1.54, 1.807) is 0 Å². The van der Waals surface area contributed by atoms with Crippen LogP contribution in [0.4, 0.5) is 0 Å². The van der Waals surface area contributed by atoms with Crippen LogP contribution in [0.1, 0.15) is 89.7 Å². The third-order valence-corrected chi connectivity index (χ3v) is 5.98. The third-order valence-electron chi connectivity index (χ3n) is 5.98. The van der Waals surface area contributed by atoms with Gasteiger partial charge in [0.25, 0.3) is 0 Å². The first-order chi connectivity index (χ1) is 13.2. The van der Waals surface area contributed by atoms with E-state index in [0.29, 0.717) is 12.0 Å². The topological polar surface area (TPSA) is 12.2 Å². The average Bonchev–Trinajstić information content (AvgIpc) is 2.99. The van der Waals surface area contributed by atoms with Crippen molar-refractivity contribution < 1.29 is 9.31 Å². The Hall–Kier alpha value is -1.57. The molecule has 2 rings (SSSR count). The summed E-state index contributed by atoms with van der Waals surface area (Å²) in [6.07, 6.45) is 15.3. The Kier molecular flexibility index (Phi) is 9.66. The molecule has 0 radical (unpaired) electrons. The Balaban J connectivity index is 1.85. The number of nitrogens with zero attached hydrogens (tertiary/aromatic N) is 1. The molecule has 0 saturated carbocycles. The molecule has 0 amide bonds. The van der Waals surface area contributed by atoms with Crippen LogP contribution in [0.25, 0.3) is 0 Å². The summed E-state index contributed by atoms with van der Waals surface area (Å²) in [6.45, 7) is 8.54. The van der Waals surface area contributed by atoms with Crippen LogP contribution < -0.4 is 0 Å². The van der Waals surface area contributed by atoms with Gasteiger partial charge < -0.3 is 4.74 Å². The summed E-state index contributed by atoms with van der Waals surface area (Å²) in [6, 6.07) is 11.0. The number of likely N-dealkylation sites (N-methyl/N-ethyl adjacent to an activating group) is 1. The second kappa shape index (κ2) is 12.0. The van der Waals surface area contributed by atoms with Gasteiger partial charge in [-0.05, 0) is 18.4 Å². The minimum absolute atomic E-state index is 0.136. The first-order valence-electron chi connectivity index (χ1n) is 11.1. The smallest absolute Gasteiger partial charge is 0.340 e. The molecule has 2 nitrogen and oxygen atoms in total. The van der Waals surface area contributed by atoms with E-state index < -0.39 is 0 Å². The molecular formula is C25H40NO+. The van der Waals surface area contributed by atoms with Crippen LogP contribution in [0.2, 0.25) is 0 Å². The molecule has 1 heterocycles. The highest BCUT2D eigenvalue weighted by Crippen LogP contribution is 2.32. The number of rotatable bonds is 13. The largest absolute Gasteiger partial charge is 0.432 e. The highest BCUT2D eigenvalue weighted by molar-refractivity contribution is 5.75. The van der Waals surface area contributed by atoms with Crippen molar-refractivity contribution in [3.8, 4) is 0 Å². The van der Waals surface area contributed by atoms with Crippen molar-refractivity contribution in [2.24, 2.45) is 5.92 Å². The zero-order valence-electron chi connectivity index (χ0n) is 17.8. The van der Waals surface area contributed by atoms with Crippen molar-refractivity contribution in [2.45, 2.75) is 90.2 Å². The first-order valence-corrected chi connectivity index (χ1v) is 11.1. The van der Waals surface area contributed by atoms with Crippen molar-refractivity contribution in [1.82, 2.24) is 0 Å². The highest BCUT2D eigenvalue weighted by Gasteiger charge is 2.42. The fraction of sp³-hybridized carbons (Fsp3) is 0.640. The van der Waals surface area contributed by atoms with Gasteiger partial charge in [0.1, 0.15) is 7.05 Å². The minimum atomic E-state index is 0.136. The lowest BCUT2D eigenvalue weighted by Gasteiger charge is -2.14. The zero-order chi connectivity index (χ0) is 19.5. The summed E-state index contributed by atoms with van der Waals surface area (Å²) in [5, 5.41) is 0. The van der Waals surface area contributed by atoms with Crippen LogP contribution in [0.3, 0.4) is 0 Å². The van der Waals surface area contributed by atoms with Gasteiger partial charge in [-0.25, -0.2) is 0 Å². The van der Waals surface area contributed by atoms with Gasteiger partial charge in [-0.3, -0.25) is 0 Å². The third kappa shape index (κ3) is 6.52. The predicted octanol–water partition coefficient (Wildman–Crippen LogP) is 6.91. The molecule has 150 valence electrons. The van der Waals surface area contributed by atoms with Gasteiger partial charge in [-0.15, -0.1) is 6.58 Å². The molecule has 1 aromatic carbocycles. The molecule has 0 N–H and O–H groups in total. The van der Waals surface area contributed by atoms with Crippen molar-refractivity contribution in [1.29, 1.82) is 0 Å². The fourth-order valence-corrected chi connectivity index (χ4v) is 4.16. The van der Waals surface area contributed by atoms with E-state index >= 15 is 0 Å². The Morgan fingerprint density at radius 2 is 1.67 bits per heavy atom. The minimum Gasteiger partial charge on any atom is -0.432 e. The maximum atomic E-state index is 6.50. The van der Waals surface area contributed by atoms with E-state index in [2.05, 4.69) is 68.5 Å². The fourth-order valence-electron chi connectivity index (χ4n) is 4.16. The van der Waals surface area contributed by atoms with E-state index in [0.717, 1.165) is 6.42 Å². The molecule has 3 atom stereocenters. The Morgan fingerprint density at radius 1 is 1.04 bits per heavy atom. The van der Waals surface area contributed by atoms with Gasteiger partial charge in [0.05, 0.1) is 5.92 Å². The maximum absolute atomic E-state index is 6.50. The molecular weight excluding hydrogens is 330 g/mol. The van der Waals surface area contributed by atoms with E-state index in [-0.39, 0.29) is 6.10 Å². The Morgan fingerprint density at radius 3 is 2.30 bits per heavy atom. The van der Waals surface area contributed by atoms with Crippen LogP contribution in [-0.2, 0) is 4.74 Å². The number of hydrogen-bond acceptors (Lipinski definition) is 1. The summed E-state index contributed by atoms with van der Waals surface area (Å²) in [4.78, 5) is 0. The van der Waals surface area contributed by atoms with Crippen LogP contribution in [0.15, 0.2) is 43.0 Å². The number of allylic oxidation sites excluding steroid dienone is 1. The second-order valence-electron chi connectivity index (χ2n) is 8.12. The van der Waals surface area contributed by atoms with Crippen molar-refractivity contribution in [3.63, 3.8) is 0 Å². The SMILES string of the molecule is C=CC[C@H](CCCCCCCCCC)C1=[N+](C)[C@@H](C)[C@H](c2ccccc2)O1. The molecule has 0 aromatic heterocycles. The van der Waals surface area contributed by atoms with E-state index in [1.165, 1.54) is 69.2 Å². The van der Waals surface area contributed by atoms with Crippen LogP contribution >= 0.6 is 0 Å². The molecule has 0 unspecified atom stereocenters. The van der Waals surface area contributed by atoms with Crippen molar-refractivity contribution in [2.75, 3.05) is 7.05 Å². The monoisotopic (exact) mass is 370 g/mol. The summed E-state index contributed by atoms with van der Waals surface area (Å²) in [7, 11) is 2.19. The molecule has 1 aromatic rings. The lowest BCUT2D eigenvalue weighted by Crippen LogP contribution is -2.24. The van der Waals surface area contributed by atoms with E-state index in [4.69, 9.17) is 4.74 Å². The van der Waals surface area contributed by atoms with Crippen LogP contribution in [-0.4, -0.2) is 23.6 Å². The summed E-state index contributed by atoms with van der Waals surface area (Å²) >= 11 is 0. The van der Waals surface area contributed by atoms with E-state index in [9.17, 15) is 0 Å². The summed E-state index contributed by atoms with van der Waals surface area (Å²) in [5.74, 6) is 1.63. The van der Waals surface area contributed by atoms with E-state index in [1.807, 2.05) is 0 Å². The van der Waals surface area contributed by atoms with Gasteiger partial charge in [0, 0.05) is 6.92 Å². The lowest BCUT2D eigenvalue weighted by atomic mass is 9.96. The highest BCUT2D eigenvalue weighted by atomic mass is 16.5. The average molecular weight is 371 g/mol. The normalized spacial score (nSPS) is 20.6. The molecule has 1 aliphatic rings. The molecule has 27 heavy (non-hydrogen) atoms. The number of ether oxygens (including phenoxy) is 1. The quantitative estimate of drug-likeness (QED) is 0.209. The van der Waals surface area contributed by atoms with Gasteiger partial charge in [-0.1, -0.05) is 94.7 Å².